The summed E-state index contributed by atoms with van der Waals surface area (Å²) >= 11 is 0. The van der Waals surface area contributed by atoms with Gasteiger partial charge < -0.3 is 4.90 Å². The predicted molar refractivity (Wildman–Crippen MR) is 115 cm³/mol. The molecular weight excluding hydrogens is 392 g/mol. The third kappa shape index (κ3) is 3.37. The van der Waals surface area contributed by atoms with Crippen molar-refractivity contribution in [1.29, 1.82) is 0 Å². The summed E-state index contributed by atoms with van der Waals surface area (Å²) in [5.41, 5.74) is 3.97. The Bertz CT molecular complexity index is 1250. The number of Topliss-reactive ketones (excluding diaryl/α,β-unsaturated/α-hetero) is 1. The molecule has 0 aliphatic carbocycles. The van der Waals surface area contributed by atoms with E-state index in [0.29, 0.717) is 17.4 Å². The van der Waals surface area contributed by atoms with Gasteiger partial charge in [-0.2, -0.15) is 9.67 Å². The number of hydrogen-bond acceptors (Lipinski definition) is 6. The number of hydrogen-bond donors (Lipinski definition) is 0. The number of nitrogens with zero attached hydrogens (tertiary/aromatic N) is 6. The number of piperidine rings is 1. The van der Waals surface area contributed by atoms with Crippen molar-refractivity contribution in [3.8, 4) is 0 Å². The molecule has 2 aliphatic heterocycles. The van der Waals surface area contributed by atoms with Gasteiger partial charge in [0.05, 0.1) is 23.1 Å². The molecule has 1 fully saturated rings. The third-order valence-electron chi connectivity index (χ3n) is 6.31. The smallest absolute Gasteiger partial charge is 0.304 e. The van der Waals surface area contributed by atoms with E-state index in [-0.39, 0.29) is 5.71 Å². The van der Waals surface area contributed by atoms with Gasteiger partial charge in [0.2, 0.25) is 0 Å². The second-order valence-corrected chi connectivity index (χ2v) is 8.32. The SMILES string of the molecule is CCN1CCC(c2ccc3[n+](c2)C(=O)C(=O)C(c2cc4c(C)nc(C)cn4n2)=N3)CC1. The molecule has 8 nitrogen and oxygen atoms in total. The molecule has 0 spiro atoms. The Morgan fingerprint density at radius 2 is 1.94 bits per heavy atom. The number of aliphatic imine (C=N–C) groups is 1. The first-order valence-corrected chi connectivity index (χ1v) is 10.7. The molecule has 3 aromatic heterocycles. The van der Waals surface area contributed by atoms with Crippen LogP contribution in [0, 0.1) is 13.8 Å². The molecule has 31 heavy (non-hydrogen) atoms. The zero-order valence-corrected chi connectivity index (χ0v) is 18.0. The van der Waals surface area contributed by atoms with Gasteiger partial charge in [-0.15, -0.1) is 0 Å². The lowest BCUT2D eigenvalue weighted by molar-refractivity contribution is -0.556. The molecule has 2 aliphatic rings. The number of pyridine rings is 1. The summed E-state index contributed by atoms with van der Waals surface area (Å²) in [7, 11) is 0. The van der Waals surface area contributed by atoms with E-state index >= 15 is 0 Å². The molecule has 0 bridgehead atoms. The largest absolute Gasteiger partial charge is 0.391 e. The van der Waals surface area contributed by atoms with Crippen LogP contribution in [0.2, 0.25) is 0 Å². The maximum Gasteiger partial charge on any atom is 0.391 e. The monoisotopic (exact) mass is 417 g/mol. The number of rotatable bonds is 3. The van der Waals surface area contributed by atoms with Crippen molar-refractivity contribution in [3.63, 3.8) is 0 Å². The van der Waals surface area contributed by atoms with E-state index in [0.717, 1.165) is 54.9 Å². The topological polar surface area (TPSA) is 83.8 Å². The van der Waals surface area contributed by atoms with Crippen LogP contribution in [-0.2, 0) is 4.79 Å². The number of aryl methyl sites for hydroxylation is 2. The van der Waals surface area contributed by atoms with Gasteiger partial charge in [-0.25, -0.2) is 9.31 Å². The Hall–Kier alpha value is -3.26. The van der Waals surface area contributed by atoms with Crippen molar-refractivity contribution in [1.82, 2.24) is 19.5 Å². The Balaban J connectivity index is 1.51. The average molecular weight is 417 g/mol. The number of likely N-dealkylation sites (tertiary alicyclic amines) is 1. The van der Waals surface area contributed by atoms with E-state index < -0.39 is 11.7 Å². The van der Waals surface area contributed by atoms with Crippen LogP contribution in [0.1, 0.15) is 53.1 Å². The summed E-state index contributed by atoms with van der Waals surface area (Å²) in [6.07, 6.45) is 5.69. The molecule has 0 aromatic carbocycles. The second-order valence-electron chi connectivity index (χ2n) is 8.32. The Morgan fingerprint density at radius 3 is 2.68 bits per heavy atom. The number of carbonyl (C=O) groups is 2. The number of aromatic nitrogens is 4. The standard InChI is InChI=1S/C23H25N6O2/c1-4-27-9-7-16(8-10-27)17-5-6-20-25-21(22(30)23(31)28(20)13-17)18-11-19-15(3)24-14(2)12-29(19)26-18/h5-6,11-13,16H,4,7-10H2,1-3H3/q+1. The van der Waals surface area contributed by atoms with Gasteiger partial charge in [-0.3, -0.25) is 9.78 Å². The summed E-state index contributed by atoms with van der Waals surface area (Å²) in [4.78, 5) is 37.2. The van der Waals surface area contributed by atoms with Crippen molar-refractivity contribution in [2.75, 3.05) is 19.6 Å². The number of ketones is 1. The van der Waals surface area contributed by atoms with Gasteiger partial charge in [-0.05, 0) is 74.9 Å². The Kier molecular flexibility index (Phi) is 4.74. The summed E-state index contributed by atoms with van der Waals surface area (Å²) in [5.74, 6) is -0.374. The van der Waals surface area contributed by atoms with Gasteiger partial charge in [0.25, 0.3) is 5.71 Å². The lowest BCUT2D eigenvalue weighted by Gasteiger charge is -2.31. The van der Waals surface area contributed by atoms with Crippen LogP contribution in [0.25, 0.3) is 5.52 Å². The first-order valence-electron chi connectivity index (χ1n) is 10.7. The lowest BCUT2D eigenvalue weighted by atomic mass is 9.90. The first-order chi connectivity index (χ1) is 14.9. The van der Waals surface area contributed by atoms with Gasteiger partial charge >= 0.3 is 17.5 Å². The molecule has 0 N–H and O–H groups in total. The predicted octanol–water partition coefficient (Wildman–Crippen LogP) is 2.18. The highest BCUT2D eigenvalue weighted by molar-refractivity contribution is 6.67. The molecule has 8 heteroatoms. The minimum absolute atomic E-state index is 0.0785. The molecule has 0 radical (unpaired) electrons. The molecule has 0 saturated carbocycles. The van der Waals surface area contributed by atoms with Crippen LogP contribution in [0.3, 0.4) is 0 Å². The average Bonchev–Trinajstić information content (AvgIpc) is 3.20. The molecule has 0 atom stereocenters. The van der Waals surface area contributed by atoms with Gasteiger partial charge in [0.15, 0.2) is 0 Å². The first kappa shape index (κ1) is 19.7. The summed E-state index contributed by atoms with van der Waals surface area (Å²) in [6.45, 7) is 9.13. The van der Waals surface area contributed by atoms with Crippen molar-refractivity contribution in [3.05, 3.63) is 53.2 Å². The third-order valence-corrected chi connectivity index (χ3v) is 6.31. The van der Waals surface area contributed by atoms with Crippen LogP contribution >= 0.6 is 0 Å². The van der Waals surface area contributed by atoms with Crippen molar-refractivity contribution in [2.45, 2.75) is 39.5 Å². The van der Waals surface area contributed by atoms with E-state index in [1.807, 2.05) is 26.0 Å². The zero-order valence-electron chi connectivity index (χ0n) is 18.0. The van der Waals surface area contributed by atoms with E-state index in [2.05, 4.69) is 26.9 Å². The molecular formula is C23H25N6O2+. The van der Waals surface area contributed by atoms with Crippen LogP contribution in [-0.4, -0.2) is 56.5 Å². The molecule has 1 saturated heterocycles. The second kappa shape index (κ2) is 7.46. The van der Waals surface area contributed by atoms with Crippen LogP contribution in [0.4, 0.5) is 5.82 Å². The molecule has 5 heterocycles. The van der Waals surface area contributed by atoms with Crippen LogP contribution in [0.5, 0.6) is 0 Å². The highest BCUT2D eigenvalue weighted by Gasteiger charge is 2.40. The quantitative estimate of drug-likeness (QED) is 0.482. The minimum Gasteiger partial charge on any atom is -0.304 e. The van der Waals surface area contributed by atoms with Crippen LogP contribution in [0.15, 0.2) is 35.6 Å². The van der Waals surface area contributed by atoms with Gasteiger partial charge in [0.1, 0.15) is 11.9 Å². The van der Waals surface area contributed by atoms with Gasteiger partial charge in [-0.1, -0.05) is 6.92 Å². The number of fused-ring (bicyclic) bond motifs is 2. The lowest BCUT2D eigenvalue weighted by Crippen LogP contribution is -2.52. The highest BCUT2D eigenvalue weighted by Crippen LogP contribution is 2.28. The summed E-state index contributed by atoms with van der Waals surface area (Å²) < 4.78 is 3.07. The number of carbonyl (C=O) groups excluding carboxylic acids is 2. The normalized spacial score (nSPS) is 17.8. The summed E-state index contributed by atoms with van der Waals surface area (Å²) in [6, 6.07) is 5.62. The molecule has 0 amide bonds. The fourth-order valence-electron chi connectivity index (χ4n) is 4.54. The van der Waals surface area contributed by atoms with Crippen molar-refractivity contribution < 1.29 is 14.2 Å². The van der Waals surface area contributed by atoms with E-state index in [1.165, 1.54) is 4.57 Å². The maximum absolute atomic E-state index is 12.9. The van der Waals surface area contributed by atoms with Gasteiger partial charge in [0, 0.05) is 6.07 Å². The van der Waals surface area contributed by atoms with E-state index in [4.69, 9.17) is 0 Å². The molecule has 5 rings (SSSR count). The zero-order chi connectivity index (χ0) is 21.7. The van der Waals surface area contributed by atoms with Crippen molar-refractivity contribution in [2.24, 2.45) is 4.99 Å². The van der Waals surface area contributed by atoms with Crippen molar-refractivity contribution >= 4 is 28.7 Å². The fraction of sp³-hybridized carbons (Fsp3) is 0.391. The molecule has 158 valence electrons. The Labute approximate surface area is 180 Å². The van der Waals surface area contributed by atoms with E-state index in [9.17, 15) is 9.59 Å². The molecule has 3 aromatic rings. The highest BCUT2D eigenvalue weighted by atomic mass is 16.2. The van der Waals surface area contributed by atoms with E-state index in [1.54, 1.807) is 23.0 Å². The van der Waals surface area contributed by atoms with Crippen LogP contribution < -0.4 is 4.57 Å². The summed E-state index contributed by atoms with van der Waals surface area (Å²) in [5, 5.41) is 4.48. The minimum atomic E-state index is -0.638. The fourth-order valence-corrected chi connectivity index (χ4v) is 4.54. The molecule has 0 unspecified atom stereocenters. The Morgan fingerprint density at radius 1 is 1.16 bits per heavy atom. The maximum atomic E-state index is 12.9.